The summed E-state index contributed by atoms with van der Waals surface area (Å²) >= 11 is 9.52. The summed E-state index contributed by atoms with van der Waals surface area (Å²) < 4.78 is 11.6. The summed E-state index contributed by atoms with van der Waals surface area (Å²) in [6.07, 6.45) is 0.802. The lowest BCUT2D eigenvalue weighted by Gasteiger charge is -2.29. The van der Waals surface area contributed by atoms with Gasteiger partial charge in [-0.05, 0) is 56.2 Å². The van der Waals surface area contributed by atoms with Gasteiger partial charge in [0.05, 0.1) is 12.1 Å². The van der Waals surface area contributed by atoms with Gasteiger partial charge in [-0.2, -0.15) is 0 Å². The van der Waals surface area contributed by atoms with Crippen LogP contribution >= 0.6 is 27.5 Å². The molecule has 8 heteroatoms. The second-order valence-corrected chi connectivity index (χ2v) is 8.55. The molecule has 0 saturated carbocycles. The summed E-state index contributed by atoms with van der Waals surface area (Å²) in [5.74, 6) is 0.594. The van der Waals surface area contributed by atoms with Crippen molar-refractivity contribution in [3.63, 3.8) is 0 Å². The lowest BCUT2D eigenvalue weighted by Crippen LogP contribution is -2.50. The highest BCUT2D eigenvalue weighted by Gasteiger charge is 2.27. The first-order valence-electron chi connectivity index (χ1n) is 10.1. The van der Waals surface area contributed by atoms with Crippen molar-refractivity contribution in [3.05, 3.63) is 57.5 Å². The highest BCUT2D eigenvalue weighted by molar-refractivity contribution is 9.10. The average Bonchev–Trinajstić information content (AvgIpc) is 2.76. The van der Waals surface area contributed by atoms with Gasteiger partial charge < -0.3 is 19.7 Å². The Morgan fingerprint density at radius 1 is 1.16 bits per heavy atom. The molecule has 0 radical (unpaired) electrons. The van der Waals surface area contributed by atoms with Crippen molar-refractivity contribution in [1.29, 1.82) is 0 Å². The maximum atomic E-state index is 13.1. The number of nitrogens with one attached hydrogen (secondary N) is 1. The summed E-state index contributed by atoms with van der Waals surface area (Å²) in [4.78, 5) is 27.3. The molecule has 168 valence electrons. The lowest BCUT2D eigenvalue weighted by atomic mass is 10.1. The van der Waals surface area contributed by atoms with Crippen LogP contribution in [0.25, 0.3) is 0 Å². The molecule has 0 spiro atoms. The molecule has 2 rings (SSSR count). The fourth-order valence-electron chi connectivity index (χ4n) is 2.79. The Morgan fingerprint density at radius 2 is 1.84 bits per heavy atom. The quantitative estimate of drug-likeness (QED) is 0.496. The molecule has 0 heterocycles. The summed E-state index contributed by atoms with van der Waals surface area (Å²) in [6, 6.07) is 11.9. The van der Waals surface area contributed by atoms with Crippen LogP contribution in [0.5, 0.6) is 11.5 Å². The first-order valence-corrected chi connectivity index (χ1v) is 11.2. The predicted molar refractivity (Wildman–Crippen MR) is 126 cm³/mol. The van der Waals surface area contributed by atoms with Crippen molar-refractivity contribution in [2.75, 3.05) is 13.7 Å². The lowest BCUT2D eigenvalue weighted by molar-refractivity contribution is -0.142. The average molecular weight is 512 g/mol. The minimum absolute atomic E-state index is 0.0192. The number of amides is 2. The fourth-order valence-corrected chi connectivity index (χ4v) is 3.52. The molecular formula is C23H28BrClN2O4. The molecular weight excluding hydrogens is 484 g/mol. The van der Waals surface area contributed by atoms with Crippen molar-refractivity contribution in [3.8, 4) is 11.5 Å². The predicted octanol–water partition coefficient (Wildman–Crippen LogP) is 4.82. The molecule has 0 saturated heterocycles. The monoisotopic (exact) mass is 510 g/mol. The third kappa shape index (κ3) is 7.43. The van der Waals surface area contributed by atoms with E-state index in [-0.39, 0.29) is 31.0 Å². The maximum absolute atomic E-state index is 13.1. The second-order valence-electron chi connectivity index (χ2n) is 7.23. The first kappa shape index (κ1) is 25.0. The standard InChI is InChI=1S/C23H28BrClN2O4/c1-5-15(2)26-23(29)16(3)27(13-17-6-9-19(30-4)10-7-17)22(28)14-31-21-11-8-18(24)12-20(21)25/h6-12,15-16H,5,13-14H2,1-4H3,(H,26,29)/t15-,16-/m0/s1. The molecule has 0 unspecified atom stereocenters. The molecule has 0 aromatic heterocycles. The topological polar surface area (TPSA) is 67.9 Å². The van der Waals surface area contributed by atoms with E-state index in [1.54, 1.807) is 32.2 Å². The molecule has 0 fully saturated rings. The number of benzene rings is 2. The molecule has 0 aliphatic carbocycles. The second kappa shape index (κ2) is 12.0. The number of halogens is 2. The Labute approximate surface area is 197 Å². The van der Waals surface area contributed by atoms with Crippen LogP contribution in [-0.4, -0.2) is 42.5 Å². The van der Waals surface area contributed by atoms with Gasteiger partial charge in [-0.15, -0.1) is 0 Å². The zero-order valence-corrected chi connectivity index (χ0v) is 20.5. The number of carbonyl (C=O) groups excluding carboxylic acids is 2. The van der Waals surface area contributed by atoms with Crippen LogP contribution in [0.15, 0.2) is 46.9 Å². The van der Waals surface area contributed by atoms with Crippen LogP contribution in [-0.2, 0) is 16.1 Å². The molecule has 2 aromatic carbocycles. The molecule has 0 bridgehead atoms. The van der Waals surface area contributed by atoms with Crippen LogP contribution in [0, 0.1) is 0 Å². The third-order valence-corrected chi connectivity index (χ3v) is 5.71. The first-order chi connectivity index (χ1) is 14.7. The van der Waals surface area contributed by atoms with Gasteiger partial charge in [0, 0.05) is 17.1 Å². The number of hydrogen-bond donors (Lipinski definition) is 1. The highest BCUT2D eigenvalue weighted by Crippen LogP contribution is 2.27. The number of nitrogens with zero attached hydrogens (tertiary/aromatic N) is 1. The summed E-state index contributed by atoms with van der Waals surface area (Å²) in [5, 5.41) is 3.33. The number of carbonyl (C=O) groups is 2. The zero-order valence-electron chi connectivity index (χ0n) is 18.2. The Hall–Kier alpha value is -2.25. The molecule has 0 aliphatic heterocycles. The molecule has 6 nitrogen and oxygen atoms in total. The van der Waals surface area contributed by atoms with E-state index in [9.17, 15) is 9.59 Å². The van der Waals surface area contributed by atoms with Crippen molar-refractivity contribution in [1.82, 2.24) is 10.2 Å². The van der Waals surface area contributed by atoms with Gasteiger partial charge in [0.1, 0.15) is 17.5 Å². The van der Waals surface area contributed by atoms with Crippen molar-refractivity contribution in [2.45, 2.75) is 45.8 Å². The SMILES string of the molecule is CC[C@H](C)NC(=O)[C@H](C)N(Cc1ccc(OC)cc1)C(=O)COc1ccc(Br)cc1Cl. The molecule has 2 amide bonds. The molecule has 1 N–H and O–H groups in total. The van der Waals surface area contributed by atoms with Crippen molar-refractivity contribution >= 4 is 39.3 Å². The van der Waals surface area contributed by atoms with Crippen LogP contribution in [0.2, 0.25) is 5.02 Å². The van der Waals surface area contributed by atoms with Gasteiger partial charge in [-0.1, -0.05) is 46.6 Å². The maximum Gasteiger partial charge on any atom is 0.261 e. The van der Waals surface area contributed by atoms with Crippen LogP contribution in [0.4, 0.5) is 0 Å². The molecule has 2 atom stereocenters. The van der Waals surface area contributed by atoms with E-state index < -0.39 is 6.04 Å². The van der Waals surface area contributed by atoms with Gasteiger partial charge in [0.15, 0.2) is 6.61 Å². The van der Waals surface area contributed by atoms with Crippen LogP contribution < -0.4 is 14.8 Å². The Morgan fingerprint density at radius 3 is 2.42 bits per heavy atom. The summed E-state index contributed by atoms with van der Waals surface area (Å²) in [6.45, 7) is 5.66. The zero-order chi connectivity index (χ0) is 23.0. The summed E-state index contributed by atoms with van der Waals surface area (Å²) in [7, 11) is 1.59. The fraction of sp³-hybridized carbons (Fsp3) is 0.391. The molecule has 0 aliphatic rings. The minimum atomic E-state index is -0.674. The van der Waals surface area contributed by atoms with Gasteiger partial charge in [0.2, 0.25) is 5.91 Å². The van der Waals surface area contributed by atoms with Gasteiger partial charge in [-0.3, -0.25) is 9.59 Å². The largest absolute Gasteiger partial charge is 0.497 e. The van der Waals surface area contributed by atoms with Crippen LogP contribution in [0.1, 0.15) is 32.8 Å². The normalized spacial score (nSPS) is 12.6. The number of ether oxygens (including phenoxy) is 2. The third-order valence-electron chi connectivity index (χ3n) is 4.93. The van der Waals surface area contributed by atoms with E-state index in [1.807, 2.05) is 38.1 Å². The van der Waals surface area contributed by atoms with Gasteiger partial charge in [-0.25, -0.2) is 0 Å². The van der Waals surface area contributed by atoms with E-state index in [0.29, 0.717) is 10.8 Å². The number of rotatable bonds is 10. The van der Waals surface area contributed by atoms with E-state index in [4.69, 9.17) is 21.1 Å². The highest BCUT2D eigenvalue weighted by atomic mass is 79.9. The minimum Gasteiger partial charge on any atom is -0.497 e. The van der Waals surface area contributed by atoms with E-state index >= 15 is 0 Å². The smallest absolute Gasteiger partial charge is 0.261 e. The number of hydrogen-bond acceptors (Lipinski definition) is 4. The van der Waals surface area contributed by atoms with Crippen molar-refractivity contribution in [2.24, 2.45) is 0 Å². The van der Waals surface area contributed by atoms with E-state index in [1.165, 1.54) is 4.90 Å². The van der Waals surface area contributed by atoms with Crippen molar-refractivity contribution < 1.29 is 19.1 Å². The van der Waals surface area contributed by atoms with Gasteiger partial charge >= 0.3 is 0 Å². The van der Waals surface area contributed by atoms with Gasteiger partial charge in [0.25, 0.3) is 5.91 Å². The Bertz CT molecular complexity index is 892. The van der Waals surface area contributed by atoms with E-state index in [0.717, 1.165) is 22.2 Å². The molecule has 31 heavy (non-hydrogen) atoms. The summed E-state index contributed by atoms with van der Waals surface area (Å²) in [5.41, 5.74) is 0.874. The Balaban J connectivity index is 2.17. The van der Waals surface area contributed by atoms with E-state index in [2.05, 4.69) is 21.2 Å². The Kier molecular flexibility index (Phi) is 9.65. The molecule has 2 aromatic rings. The van der Waals surface area contributed by atoms with Crippen LogP contribution in [0.3, 0.4) is 0 Å². The number of methoxy groups -OCH3 is 1.